The lowest BCUT2D eigenvalue weighted by Crippen LogP contribution is -2.20. The molecule has 0 aliphatic carbocycles. The summed E-state index contributed by atoms with van der Waals surface area (Å²) in [7, 11) is 0. The number of aliphatic hydroxyl groups excluding tert-OH is 1. The second kappa shape index (κ2) is 8.18. The molecule has 0 radical (unpaired) electrons. The molecule has 28 heavy (non-hydrogen) atoms. The third-order valence-electron chi connectivity index (χ3n) is 3.99. The van der Waals surface area contributed by atoms with Gasteiger partial charge in [0.15, 0.2) is 10.8 Å². The van der Waals surface area contributed by atoms with E-state index in [1.165, 1.54) is 4.40 Å². The van der Waals surface area contributed by atoms with Crippen LogP contribution in [0.25, 0.3) is 5.65 Å². The molecule has 150 valence electrons. The van der Waals surface area contributed by atoms with Crippen LogP contribution < -0.4 is 4.74 Å². The molecule has 0 bridgehead atoms. The molecule has 3 aromatic rings. The smallest absolute Gasteiger partial charge is 0.417 e. The van der Waals surface area contributed by atoms with Crippen LogP contribution in [0, 0.1) is 13.8 Å². The number of aryl methyl sites for hydroxylation is 2. The van der Waals surface area contributed by atoms with Crippen molar-refractivity contribution < 1.29 is 23.0 Å². The number of aromatic nitrogens is 3. The third-order valence-corrected chi connectivity index (χ3v) is 5.36. The van der Waals surface area contributed by atoms with Crippen molar-refractivity contribution in [1.29, 1.82) is 0 Å². The molecule has 0 saturated carbocycles. The molecule has 1 unspecified atom stereocenters. The van der Waals surface area contributed by atoms with Crippen molar-refractivity contribution in [3.05, 3.63) is 52.2 Å². The topological polar surface area (TPSA) is 59.7 Å². The SMILES string of the molecule is Cc1cccc(C)c1OCC(O)CSc1nnc2c(Cl)cc(C(F)(F)F)cn12. The van der Waals surface area contributed by atoms with E-state index in [2.05, 4.69) is 10.2 Å². The number of para-hydroxylation sites is 1. The van der Waals surface area contributed by atoms with E-state index in [-0.39, 0.29) is 28.2 Å². The molecule has 10 heteroatoms. The Kier molecular flexibility index (Phi) is 6.07. The molecular weight excluding hydrogens is 415 g/mol. The fourth-order valence-corrected chi connectivity index (χ4v) is 3.67. The highest BCUT2D eigenvalue weighted by atomic mass is 35.5. The van der Waals surface area contributed by atoms with Crippen LogP contribution in [0.5, 0.6) is 5.75 Å². The van der Waals surface area contributed by atoms with Gasteiger partial charge >= 0.3 is 6.18 Å². The van der Waals surface area contributed by atoms with Crippen molar-refractivity contribution >= 4 is 29.0 Å². The van der Waals surface area contributed by atoms with Gasteiger partial charge in [0.25, 0.3) is 0 Å². The van der Waals surface area contributed by atoms with Gasteiger partial charge in [0.2, 0.25) is 0 Å². The van der Waals surface area contributed by atoms with Crippen LogP contribution in [-0.4, -0.2) is 38.2 Å². The molecule has 0 aliphatic rings. The molecule has 2 heterocycles. The monoisotopic (exact) mass is 431 g/mol. The Morgan fingerprint density at radius 3 is 2.57 bits per heavy atom. The minimum Gasteiger partial charge on any atom is -0.490 e. The van der Waals surface area contributed by atoms with Crippen LogP contribution in [0.4, 0.5) is 13.2 Å². The van der Waals surface area contributed by atoms with E-state index in [1.807, 2.05) is 32.0 Å². The predicted molar refractivity (Wildman–Crippen MR) is 101 cm³/mol. The lowest BCUT2D eigenvalue weighted by Gasteiger charge is -2.15. The summed E-state index contributed by atoms with van der Waals surface area (Å²) in [6, 6.07) is 6.55. The van der Waals surface area contributed by atoms with Crippen LogP contribution in [0.1, 0.15) is 16.7 Å². The molecule has 1 aromatic carbocycles. The molecular formula is C18H17ClF3N3O2S. The molecule has 0 saturated heterocycles. The van der Waals surface area contributed by atoms with E-state index in [9.17, 15) is 18.3 Å². The van der Waals surface area contributed by atoms with Gasteiger partial charge in [-0.05, 0) is 31.0 Å². The standard InChI is InChI=1S/C18H17ClF3N3O2S/c1-10-4-3-5-11(2)15(10)27-8-13(26)9-28-17-24-23-16-14(19)6-12(7-25(16)17)18(20,21)22/h3-7,13,26H,8-9H2,1-2H3. The first-order chi connectivity index (χ1) is 13.2. The van der Waals surface area contributed by atoms with Crippen LogP contribution in [0.3, 0.4) is 0 Å². The number of rotatable bonds is 6. The van der Waals surface area contributed by atoms with Crippen molar-refractivity contribution in [2.24, 2.45) is 0 Å². The Hall–Kier alpha value is -1.97. The molecule has 1 atom stereocenters. The number of fused-ring (bicyclic) bond motifs is 1. The quantitative estimate of drug-likeness (QED) is 0.580. The summed E-state index contributed by atoms with van der Waals surface area (Å²) in [6.45, 7) is 3.87. The number of pyridine rings is 1. The molecule has 0 fully saturated rings. The van der Waals surface area contributed by atoms with Gasteiger partial charge in [0.05, 0.1) is 16.7 Å². The van der Waals surface area contributed by atoms with Gasteiger partial charge in [0, 0.05) is 11.9 Å². The highest BCUT2D eigenvalue weighted by Gasteiger charge is 2.32. The van der Waals surface area contributed by atoms with E-state index in [4.69, 9.17) is 16.3 Å². The number of halogens is 4. The number of hydrogen-bond acceptors (Lipinski definition) is 5. The Morgan fingerprint density at radius 2 is 1.93 bits per heavy atom. The highest BCUT2D eigenvalue weighted by molar-refractivity contribution is 7.99. The maximum Gasteiger partial charge on any atom is 0.417 e. The third kappa shape index (κ3) is 4.53. The second-order valence-corrected chi connectivity index (χ2v) is 7.64. The van der Waals surface area contributed by atoms with Crippen LogP contribution in [0.15, 0.2) is 35.6 Å². The van der Waals surface area contributed by atoms with Crippen molar-refractivity contribution in [3.8, 4) is 5.75 Å². The zero-order valence-electron chi connectivity index (χ0n) is 15.0. The molecule has 2 aromatic heterocycles. The van der Waals surface area contributed by atoms with Gasteiger partial charge in [-0.2, -0.15) is 13.2 Å². The van der Waals surface area contributed by atoms with E-state index in [0.717, 1.165) is 35.2 Å². The molecule has 0 amide bonds. The van der Waals surface area contributed by atoms with E-state index in [0.29, 0.717) is 5.75 Å². The summed E-state index contributed by atoms with van der Waals surface area (Å²) >= 11 is 6.96. The molecule has 1 N–H and O–H groups in total. The lowest BCUT2D eigenvalue weighted by molar-refractivity contribution is -0.137. The van der Waals surface area contributed by atoms with Gasteiger partial charge in [-0.15, -0.1) is 10.2 Å². The van der Waals surface area contributed by atoms with Crippen LogP contribution in [0.2, 0.25) is 5.02 Å². The zero-order valence-corrected chi connectivity index (χ0v) is 16.6. The van der Waals surface area contributed by atoms with Gasteiger partial charge in [-0.25, -0.2) is 0 Å². The van der Waals surface area contributed by atoms with Crippen molar-refractivity contribution in [2.75, 3.05) is 12.4 Å². The van der Waals surface area contributed by atoms with Gasteiger partial charge in [0.1, 0.15) is 12.4 Å². The Bertz CT molecular complexity index is 974. The van der Waals surface area contributed by atoms with Gasteiger partial charge < -0.3 is 9.84 Å². The number of ether oxygens (including phenoxy) is 1. The summed E-state index contributed by atoms with van der Waals surface area (Å²) in [5, 5.41) is 17.9. The summed E-state index contributed by atoms with van der Waals surface area (Å²) in [5.41, 5.74) is 1.14. The number of aliphatic hydroxyl groups is 1. The minimum atomic E-state index is -4.54. The molecule has 0 aliphatic heterocycles. The Labute approximate surface area is 168 Å². The number of alkyl halides is 3. The molecule has 5 nitrogen and oxygen atoms in total. The van der Waals surface area contributed by atoms with E-state index >= 15 is 0 Å². The van der Waals surface area contributed by atoms with Gasteiger partial charge in [-0.1, -0.05) is 41.6 Å². The van der Waals surface area contributed by atoms with E-state index in [1.54, 1.807) is 0 Å². The van der Waals surface area contributed by atoms with E-state index < -0.39 is 17.8 Å². The number of thioether (sulfide) groups is 1. The summed E-state index contributed by atoms with van der Waals surface area (Å²) < 4.78 is 45.9. The maximum atomic E-state index is 13.0. The maximum absolute atomic E-state index is 13.0. The van der Waals surface area contributed by atoms with Crippen molar-refractivity contribution in [1.82, 2.24) is 14.6 Å². The number of hydrogen-bond donors (Lipinski definition) is 1. The van der Waals surface area contributed by atoms with Crippen molar-refractivity contribution in [3.63, 3.8) is 0 Å². The second-order valence-electron chi connectivity index (χ2n) is 6.25. The summed E-state index contributed by atoms with van der Waals surface area (Å²) in [5.74, 6) is 0.876. The Balaban J connectivity index is 1.69. The number of benzene rings is 1. The predicted octanol–water partition coefficient (Wildman–Crippen LogP) is 4.55. The van der Waals surface area contributed by atoms with Gasteiger partial charge in [-0.3, -0.25) is 4.40 Å². The number of nitrogens with zero attached hydrogens (tertiary/aromatic N) is 3. The Morgan fingerprint density at radius 1 is 1.25 bits per heavy atom. The first-order valence-corrected chi connectivity index (χ1v) is 9.64. The first kappa shape index (κ1) is 20.8. The van der Waals surface area contributed by atoms with Crippen LogP contribution in [-0.2, 0) is 6.18 Å². The summed E-state index contributed by atoms with van der Waals surface area (Å²) in [6.07, 6.45) is -4.50. The zero-order chi connectivity index (χ0) is 20.5. The fraction of sp³-hybridized carbons (Fsp3) is 0.333. The fourth-order valence-electron chi connectivity index (χ4n) is 2.61. The van der Waals surface area contributed by atoms with Crippen molar-refractivity contribution in [2.45, 2.75) is 31.3 Å². The minimum absolute atomic E-state index is 0.0456. The normalized spacial score (nSPS) is 13.1. The summed E-state index contributed by atoms with van der Waals surface area (Å²) in [4.78, 5) is 0. The highest BCUT2D eigenvalue weighted by Crippen LogP contribution is 2.33. The molecule has 0 spiro atoms. The average molecular weight is 432 g/mol. The molecule has 3 rings (SSSR count). The first-order valence-electron chi connectivity index (χ1n) is 8.28. The van der Waals surface area contributed by atoms with Crippen LogP contribution >= 0.6 is 23.4 Å². The average Bonchev–Trinajstić information content (AvgIpc) is 3.02. The largest absolute Gasteiger partial charge is 0.490 e. The lowest BCUT2D eigenvalue weighted by atomic mass is 10.1.